The van der Waals surface area contributed by atoms with Gasteiger partial charge in [-0.15, -0.1) is 0 Å². The number of aliphatic carboxylic acids is 1. The first kappa shape index (κ1) is 13.8. The lowest BCUT2D eigenvalue weighted by Gasteiger charge is -2.35. The largest absolute Gasteiger partial charge is 0.481 e. The van der Waals surface area contributed by atoms with Crippen molar-refractivity contribution in [3.05, 3.63) is 0 Å². The summed E-state index contributed by atoms with van der Waals surface area (Å²) in [5, 5.41) is 12.2. The van der Waals surface area contributed by atoms with E-state index in [9.17, 15) is 4.79 Å². The third kappa shape index (κ3) is 4.25. The van der Waals surface area contributed by atoms with Crippen LogP contribution in [0.15, 0.2) is 0 Å². The van der Waals surface area contributed by atoms with Gasteiger partial charge in [-0.1, -0.05) is 6.42 Å². The molecule has 2 N–H and O–H groups in total. The molecule has 0 spiro atoms. The van der Waals surface area contributed by atoms with E-state index in [1.54, 1.807) is 0 Å². The zero-order valence-electron chi connectivity index (χ0n) is 11.2. The van der Waals surface area contributed by atoms with E-state index in [2.05, 4.69) is 10.2 Å². The van der Waals surface area contributed by atoms with Crippen LogP contribution in [0.25, 0.3) is 0 Å². The highest BCUT2D eigenvalue weighted by atomic mass is 16.4. The molecule has 2 unspecified atom stereocenters. The number of hydrogen-bond acceptors (Lipinski definition) is 3. The Morgan fingerprint density at radius 3 is 2.94 bits per heavy atom. The second kappa shape index (κ2) is 7.10. The zero-order chi connectivity index (χ0) is 12.8. The van der Waals surface area contributed by atoms with E-state index in [-0.39, 0.29) is 0 Å². The molecule has 18 heavy (non-hydrogen) atoms. The van der Waals surface area contributed by atoms with Crippen LogP contribution in [-0.4, -0.2) is 47.7 Å². The molecular formula is C14H26N2O2. The number of rotatable bonds is 7. The van der Waals surface area contributed by atoms with Crippen LogP contribution in [0.5, 0.6) is 0 Å². The van der Waals surface area contributed by atoms with Gasteiger partial charge in [-0.05, 0) is 58.2 Å². The number of nitrogens with zero attached hydrogens (tertiary/aromatic N) is 1. The predicted octanol–water partition coefficient (Wildman–Crippen LogP) is 1.85. The van der Waals surface area contributed by atoms with Crippen molar-refractivity contribution in [2.24, 2.45) is 0 Å². The Hall–Kier alpha value is -0.610. The maximum absolute atomic E-state index is 10.4. The third-order valence-electron chi connectivity index (χ3n) is 4.32. The molecule has 2 aliphatic heterocycles. The SMILES string of the molecule is O=C(O)CCCCCNC1CCN2CCCC2C1. The monoisotopic (exact) mass is 254 g/mol. The molecule has 2 heterocycles. The van der Waals surface area contributed by atoms with E-state index < -0.39 is 5.97 Å². The minimum Gasteiger partial charge on any atom is -0.481 e. The van der Waals surface area contributed by atoms with Crippen molar-refractivity contribution in [1.29, 1.82) is 0 Å². The Morgan fingerprint density at radius 1 is 1.22 bits per heavy atom. The first-order chi connectivity index (χ1) is 8.75. The van der Waals surface area contributed by atoms with Crippen LogP contribution in [0.3, 0.4) is 0 Å². The summed E-state index contributed by atoms with van der Waals surface area (Å²) in [6.07, 6.45) is 8.64. The predicted molar refractivity (Wildman–Crippen MR) is 71.7 cm³/mol. The normalized spacial score (nSPS) is 28.2. The van der Waals surface area contributed by atoms with Crippen molar-refractivity contribution >= 4 is 5.97 Å². The molecule has 4 heteroatoms. The van der Waals surface area contributed by atoms with Gasteiger partial charge in [0.2, 0.25) is 0 Å². The average molecular weight is 254 g/mol. The van der Waals surface area contributed by atoms with Gasteiger partial charge in [-0.2, -0.15) is 0 Å². The van der Waals surface area contributed by atoms with Crippen LogP contribution in [0.2, 0.25) is 0 Å². The second-order valence-electron chi connectivity index (χ2n) is 5.71. The molecule has 2 rings (SSSR count). The summed E-state index contributed by atoms with van der Waals surface area (Å²) in [6, 6.07) is 1.53. The molecule has 0 bridgehead atoms. The quantitative estimate of drug-likeness (QED) is 0.681. The minimum atomic E-state index is -0.670. The fourth-order valence-electron chi connectivity index (χ4n) is 3.29. The summed E-state index contributed by atoms with van der Waals surface area (Å²) in [4.78, 5) is 13.0. The molecule has 0 aromatic rings. The zero-order valence-corrected chi connectivity index (χ0v) is 11.2. The summed E-state index contributed by atoms with van der Waals surface area (Å²) in [5.41, 5.74) is 0. The van der Waals surface area contributed by atoms with Crippen LogP contribution in [0, 0.1) is 0 Å². The van der Waals surface area contributed by atoms with Crippen molar-refractivity contribution in [1.82, 2.24) is 10.2 Å². The molecule has 2 atom stereocenters. The lowest BCUT2D eigenvalue weighted by molar-refractivity contribution is -0.137. The maximum Gasteiger partial charge on any atom is 0.303 e. The average Bonchev–Trinajstić information content (AvgIpc) is 2.80. The van der Waals surface area contributed by atoms with Gasteiger partial charge < -0.3 is 15.3 Å². The van der Waals surface area contributed by atoms with Crippen LogP contribution >= 0.6 is 0 Å². The fraction of sp³-hybridized carbons (Fsp3) is 0.929. The number of fused-ring (bicyclic) bond motifs is 1. The van der Waals surface area contributed by atoms with Gasteiger partial charge in [0.05, 0.1) is 0 Å². The summed E-state index contributed by atoms with van der Waals surface area (Å²) < 4.78 is 0. The van der Waals surface area contributed by atoms with Gasteiger partial charge in [0.15, 0.2) is 0 Å². The van der Waals surface area contributed by atoms with Crippen molar-refractivity contribution in [2.45, 2.75) is 63.5 Å². The fourth-order valence-corrected chi connectivity index (χ4v) is 3.29. The van der Waals surface area contributed by atoms with Gasteiger partial charge in [-0.3, -0.25) is 4.79 Å². The maximum atomic E-state index is 10.4. The first-order valence-electron chi connectivity index (χ1n) is 7.45. The van der Waals surface area contributed by atoms with E-state index in [1.165, 1.54) is 38.8 Å². The van der Waals surface area contributed by atoms with Gasteiger partial charge in [-0.25, -0.2) is 0 Å². The second-order valence-corrected chi connectivity index (χ2v) is 5.71. The number of unbranched alkanes of at least 4 members (excludes halogenated alkanes) is 2. The van der Waals surface area contributed by atoms with E-state index in [0.717, 1.165) is 31.8 Å². The Balaban J connectivity index is 1.50. The molecule has 2 aliphatic rings. The molecule has 0 aromatic heterocycles. The number of carboxylic acids is 1. The lowest BCUT2D eigenvalue weighted by atomic mass is 9.97. The number of piperidine rings is 1. The topological polar surface area (TPSA) is 52.6 Å². The highest BCUT2D eigenvalue weighted by molar-refractivity contribution is 5.66. The standard InChI is InChI=1S/C14H26N2O2/c17-14(18)6-2-1-3-8-15-12-7-10-16-9-4-5-13(16)11-12/h12-13,15H,1-11H2,(H,17,18). The number of carboxylic acid groups (broad SMARTS) is 1. The van der Waals surface area contributed by atoms with E-state index in [0.29, 0.717) is 12.5 Å². The van der Waals surface area contributed by atoms with Crippen molar-refractivity contribution < 1.29 is 9.90 Å². The highest BCUT2D eigenvalue weighted by Gasteiger charge is 2.31. The van der Waals surface area contributed by atoms with Crippen molar-refractivity contribution in [3.63, 3.8) is 0 Å². The Bertz CT molecular complexity index is 271. The number of nitrogens with one attached hydrogen (secondary N) is 1. The number of carbonyl (C=O) groups is 1. The van der Waals surface area contributed by atoms with Gasteiger partial charge in [0, 0.05) is 18.5 Å². The lowest BCUT2D eigenvalue weighted by Crippen LogP contribution is -2.45. The molecule has 0 aliphatic carbocycles. The molecule has 0 saturated carbocycles. The molecule has 104 valence electrons. The summed E-state index contributed by atoms with van der Waals surface area (Å²) in [7, 11) is 0. The molecule has 0 aromatic carbocycles. The van der Waals surface area contributed by atoms with Crippen LogP contribution in [0.1, 0.15) is 51.4 Å². The highest BCUT2D eigenvalue weighted by Crippen LogP contribution is 2.26. The molecule has 4 nitrogen and oxygen atoms in total. The third-order valence-corrected chi connectivity index (χ3v) is 4.32. The van der Waals surface area contributed by atoms with Crippen molar-refractivity contribution in [3.8, 4) is 0 Å². The van der Waals surface area contributed by atoms with E-state index >= 15 is 0 Å². The summed E-state index contributed by atoms with van der Waals surface area (Å²) >= 11 is 0. The summed E-state index contributed by atoms with van der Waals surface area (Å²) in [5.74, 6) is -0.670. The minimum absolute atomic E-state index is 0.320. The smallest absolute Gasteiger partial charge is 0.303 e. The molecule has 2 saturated heterocycles. The van der Waals surface area contributed by atoms with Crippen LogP contribution in [0.4, 0.5) is 0 Å². The van der Waals surface area contributed by atoms with Crippen LogP contribution in [-0.2, 0) is 4.79 Å². The van der Waals surface area contributed by atoms with Crippen molar-refractivity contribution in [2.75, 3.05) is 19.6 Å². The Kier molecular flexibility index (Phi) is 5.45. The van der Waals surface area contributed by atoms with E-state index in [4.69, 9.17) is 5.11 Å². The van der Waals surface area contributed by atoms with Gasteiger partial charge >= 0.3 is 5.97 Å². The van der Waals surface area contributed by atoms with Gasteiger partial charge in [0.1, 0.15) is 0 Å². The first-order valence-corrected chi connectivity index (χ1v) is 7.45. The Labute approximate surface area is 110 Å². The summed E-state index contributed by atoms with van der Waals surface area (Å²) in [6.45, 7) is 3.63. The van der Waals surface area contributed by atoms with E-state index in [1.807, 2.05) is 0 Å². The molecule has 0 amide bonds. The molecular weight excluding hydrogens is 228 g/mol. The molecule has 2 fully saturated rings. The Morgan fingerprint density at radius 2 is 2.11 bits per heavy atom. The number of hydrogen-bond donors (Lipinski definition) is 2. The van der Waals surface area contributed by atoms with Crippen LogP contribution < -0.4 is 5.32 Å². The molecule has 0 radical (unpaired) electrons. The van der Waals surface area contributed by atoms with Gasteiger partial charge in [0.25, 0.3) is 0 Å².